The maximum atomic E-state index is 12.6. The molecule has 122 valence electrons. The number of likely N-dealkylation sites (N-methyl/N-ethyl adjacent to an activating group) is 1. The van der Waals surface area contributed by atoms with Gasteiger partial charge in [-0.25, -0.2) is 4.79 Å². The molecule has 1 aliphatic carbocycles. The summed E-state index contributed by atoms with van der Waals surface area (Å²) in [5, 5.41) is 0. The normalized spacial score (nSPS) is 19.6. The number of hydrogen-bond acceptors (Lipinski definition) is 2. The van der Waals surface area contributed by atoms with Gasteiger partial charge in [0.25, 0.3) is 0 Å². The molecule has 3 aromatic rings. The average Bonchev–Trinajstić information content (AvgIpc) is 3.12. The molecule has 25 heavy (non-hydrogen) atoms. The highest BCUT2D eigenvalue weighted by Crippen LogP contribution is 2.59. The molecular formula is C22H17NO2. The minimum absolute atomic E-state index is 0.291. The summed E-state index contributed by atoms with van der Waals surface area (Å²) in [5.41, 5.74) is 4.96. The minimum atomic E-state index is -0.633. The van der Waals surface area contributed by atoms with Crippen LogP contribution >= 0.6 is 0 Å². The molecule has 0 saturated carbocycles. The Morgan fingerprint density at radius 3 is 1.92 bits per heavy atom. The first-order valence-corrected chi connectivity index (χ1v) is 8.43. The summed E-state index contributed by atoms with van der Waals surface area (Å²) < 4.78 is 5.90. The summed E-state index contributed by atoms with van der Waals surface area (Å²) in [5.74, 6) is 0. The standard InChI is InChI=1S/C22H17NO2/c1-23-21(24)25-20(15-9-3-2-4-10-15)22(23)18-13-7-5-11-16(18)17-12-6-8-14-19(17)22/h2-14,20H,1H3. The van der Waals surface area contributed by atoms with Gasteiger partial charge in [0, 0.05) is 7.05 Å². The van der Waals surface area contributed by atoms with Crippen LogP contribution in [0.5, 0.6) is 0 Å². The number of carbonyl (C=O) groups excluding carboxylic acids is 1. The molecule has 0 radical (unpaired) electrons. The summed E-state index contributed by atoms with van der Waals surface area (Å²) in [4.78, 5) is 14.4. The Labute approximate surface area is 146 Å². The van der Waals surface area contributed by atoms with Crippen LogP contribution in [0.25, 0.3) is 11.1 Å². The molecule has 0 aromatic heterocycles. The molecule has 2 aliphatic rings. The predicted molar refractivity (Wildman–Crippen MR) is 96.1 cm³/mol. The van der Waals surface area contributed by atoms with E-state index in [1.807, 2.05) is 61.6 Å². The molecule has 1 unspecified atom stereocenters. The molecule has 3 nitrogen and oxygen atoms in total. The monoisotopic (exact) mass is 327 g/mol. The van der Waals surface area contributed by atoms with Gasteiger partial charge >= 0.3 is 6.09 Å². The summed E-state index contributed by atoms with van der Waals surface area (Å²) in [6.07, 6.45) is -0.670. The van der Waals surface area contributed by atoms with Gasteiger partial charge in [0.2, 0.25) is 0 Å². The van der Waals surface area contributed by atoms with E-state index in [-0.39, 0.29) is 12.2 Å². The van der Waals surface area contributed by atoms with Crippen molar-refractivity contribution in [3.05, 3.63) is 95.6 Å². The van der Waals surface area contributed by atoms with Crippen LogP contribution in [-0.2, 0) is 10.3 Å². The van der Waals surface area contributed by atoms with Gasteiger partial charge in [-0.2, -0.15) is 0 Å². The van der Waals surface area contributed by atoms with Gasteiger partial charge in [-0.05, 0) is 27.8 Å². The Balaban J connectivity index is 1.87. The maximum absolute atomic E-state index is 12.6. The van der Waals surface area contributed by atoms with Crippen molar-refractivity contribution in [3.8, 4) is 11.1 Å². The zero-order valence-electron chi connectivity index (χ0n) is 13.8. The summed E-state index contributed by atoms with van der Waals surface area (Å²) in [7, 11) is 1.84. The lowest BCUT2D eigenvalue weighted by Gasteiger charge is -2.36. The quantitative estimate of drug-likeness (QED) is 0.646. The van der Waals surface area contributed by atoms with E-state index in [9.17, 15) is 4.79 Å². The maximum Gasteiger partial charge on any atom is 0.411 e. The second-order valence-corrected chi connectivity index (χ2v) is 6.59. The Morgan fingerprint density at radius 1 is 0.800 bits per heavy atom. The Morgan fingerprint density at radius 2 is 1.32 bits per heavy atom. The van der Waals surface area contributed by atoms with Crippen molar-refractivity contribution in [3.63, 3.8) is 0 Å². The molecule has 1 atom stereocenters. The molecule has 1 aliphatic heterocycles. The molecule has 3 aromatic carbocycles. The molecule has 5 rings (SSSR count). The number of benzene rings is 3. The van der Waals surface area contributed by atoms with Crippen LogP contribution in [0.3, 0.4) is 0 Å². The van der Waals surface area contributed by atoms with Crippen LogP contribution in [0, 0.1) is 0 Å². The van der Waals surface area contributed by atoms with Gasteiger partial charge in [-0.15, -0.1) is 0 Å². The number of nitrogens with zero attached hydrogens (tertiary/aromatic N) is 1. The van der Waals surface area contributed by atoms with Gasteiger partial charge in [-0.3, -0.25) is 4.90 Å². The van der Waals surface area contributed by atoms with E-state index in [2.05, 4.69) is 24.3 Å². The van der Waals surface area contributed by atoms with Crippen LogP contribution in [0.2, 0.25) is 0 Å². The first kappa shape index (κ1) is 14.3. The summed E-state index contributed by atoms with van der Waals surface area (Å²) in [6.45, 7) is 0. The summed E-state index contributed by atoms with van der Waals surface area (Å²) in [6, 6.07) is 26.7. The number of ether oxygens (including phenoxy) is 1. The Hall–Kier alpha value is -3.07. The van der Waals surface area contributed by atoms with Gasteiger partial charge < -0.3 is 4.74 Å². The second-order valence-electron chi connectivity index (χ2n) is 6.59. The zero-order valence-corrected chi connectivity index (χ0v) is 13.8. The van der Waals surface area contributed by atoms with Crippen LogP contribution in [0.4, 0.5) is 4.79 Å². The lowest BCUT2D eigenvalue weighted by molar-refractivity contribution is 0.118. The molecule has 0 bridgehead atoms. The van der Waals surface area contributed by atoms with E-state index in [0.29, 0.717) is 0 Å². The number of amides is 1. The number of fused-ring (bicyclic) bond motifs is 5. The fraction of sp³-hybridized carbons (Fsp3) is 0.136. The SMILES string of the molecule is CN1C(=O)OC(c2ccccc2)C12c1ccccc1-c1ccccc12. The molecular weight excluding hydrogens is 310 g/mol. The summed E-state index contributed by atoms with van der Waals surface area (Å²) >= 11 is 0. The number of hydrogen-bond donors (Lipinski definition) is 0. The van der Waals surface area contributed by atoms with Crippen LogP contribution in [-0.4, -0.2) is 18.0 Å². The number of carbonyl (C=O) groups is 1. The van der Waals surface area contributed by atoms with Crippen molar-refractivity contribution >= 4 is 6.09 Å². The minimum Gasteiger partial charge on any atom is -0.438 e. The van der Waals surface area contributed by atoms with Crippen molar-refractivity contribution < 1.29 is 9.53 Å². The van der Waals surface area contributed by atoms with E-state index in [1.165, 1.54) is 11.1 Å². The largest absolute Gasteiger partial charge is 0.438 e. The van der Waals surface area contributed by atoms with Crippen LogP contribution in [0.15, 0.2) is 78.9 Å². The molecule has 0 N–H and O–H groups in total. The van der Waals surface area contributed by atoms with Crippen LogP contribution < -0.4 is 0 Å². The first-order valence-electron chi connectivity index (χ1n) is 8.43. The third-order valence-corrected chi connectivity index (χ3v) is 5.47. The third kappa shape index (κ3) is 1.67. The van der Waals surface area contributed by atoms with E-state index >= 15 is 0 Å². The molecule has 1 spiro atoms. The van der Waals surface area contributed by atoms with Crippen molar-refractivity contribution in [1.29, 1.82) is 0 Å². The smallest absolute Gasteiger partial charge is 0.411 e. The van der Waals surface area contributed by atoms with Crippen molar-refractivity contribution in [2.75, 3.05) is 7.05 Å². The van der Waals surface area contributed by atoms with Crippen molar-refractivity contribution in [1.82, 2.24) is 4.90 Å². The zero-order chi connectivity index (χ0) is 17.0. The topological polar surface area (TPSA) is 29.5 Å². The first-order chi connectivity index (χ1) is 12.2. The molecule has 3 heteroatoms. The fourth-order valence-corrected chi connectivity index (χ4v) is 4.41. The van der Waals surface area contributed by atoms with Gasteiger partial charge in [0.05, 0.1) is 0 Å². The second kappa shape index (κ2) is 4.96. The van der Waals surface area contributed by atoms with Gasteiger partial charge in [-0.1, -0.05) is 78.9 Å². The fourth-order valence-electron chi connectivity index (χ4n) is 4.41. The Bertz CT molecular complexity index is 935. The lowest BCUT2D eigenvalue weighted by Crippen LogP contribution is -2.42. The van der Waals surface area contributed by atoms with E-state index in [4.69, 9.17) is 4.74 Å². The third-order valence-electron chi connectivity index (χ3n) is 5.47. The van der Waals surface area contributed by atoms with E-state index in [1.54, 1.807) is 4.90 Å². The Kier molecular flexibility index (Phi) is 2.84. The molecule has 1 heterocycles. The molecule has 1 amide bonds. The molecule has 1 saturated heterocycles. The number of cyclic esters (lactones) is 1. The number of rotatable bonds is 1. The van der Waals surface area contributed by atoms with Crippen LogP contribution in [0.1, 0.15) is 22.8 Å². The average molecular weight is 327 g/mol. The highest BCUT2D eigenvalue weighted by atomic mass is 16.6. The van der Waals surface area contributed by atoms with E-state index < -0.39 is 5.54 Å². The van der Waals surface area contributed by atoms with Gasteiger partial charge in [0.15, 0.2) is 6.10 Å². The highest BCUT2D eigenvalue weighted by molar-refractivity contribution is 5.86. The lowest BCUT2D eigenvalue weighted by atomic mass is 9.79. The molecule has 1 fully saturated rings. The van der Waals surface area contributed by atoms with Gasteiger partial charge in [0.1, 0.15) is 5.54 Å². The van der Waals surface area contributed by atoms with Crippen molar-refractivity contribution in [2.45, 2.75) is 11.6 Å². The highest BCUT2D eigenvalue weighted by Gasteiger charge is 2.60. The van der Waals surface area contributed by atoms with E-state index in [0.717, 1.165) is 16.7 Å². The van der Waals surface area contributed by atoms with Crippen molar-refractivity contribution in [2.24, 2.45) is 0 Å². The predicted octanol–water partition coefficient (Wildman–Crippen LogP) is 4.73.